The molecule has 68 valence electrons. The van der Waals surface area contributed by atoms with E-state index in [1.165, 1.54) is 6.07 Å². The highest BCUT2D eigenvalue weighted by molar-refractivity contribution is 9.10. The number of oxazole rings is 1. The topological polar surface area (TPSA) is 26.0 Å². The average Bonchev–Trinajstić information content (AvgIpc) is 2.47. The van der Waals surface area contributed by atoms with Gasteiger partial charge in [-0.2, -0.15) is 0 Å². The Kier molecular flexibility index (Phi) is 2.07. The predicted molar refractivity (Wildman–Crippen MR) is 51.0 cm³/mol. The highest BCUT2D eigenvalue weighted by Crippen LogP contribution is 2.23. The number of hydrogen-bond donors (Lipinski definition) is 0. The monoisotopic (exact) mass is 243 g/mol. The van der Waals surface area contributed by atoms with Gasteiger partial charge in [-0.25, -0.2) is 9.37 Å². The Hall–Kier alpha value is -0.900. The fourth-order valence-corrected chi connectivity index (χ4v) is 1.56. The van der Waals surface area contributed by atoms with Crippen LogP contribution < -0.4 is 0 Å². The Morgan fingerprint density at radius 1 is 1.54 bits per heavy atom. The molecule has 0 atom stereocenters. The normalized spacial score (nSPS) is 11.0. The average molecular weight is 244 g/mol. The molecule has 1 aromatic heterocycles. The molecule has 0 bridgehead atoms. The van der Waals surface area contributed by atoms with Crippen LogP contribution in [-0.2, 0) is 6.42 Å². The van der Waals surface area contributed by atoms with Gasteiger partial charge in [-0.1, -0.05) is 22.9 Å². The van der Waals surface area contributed by atoms with E-state index in [1.54, 1.807) is 6.07 Å². The second-order valence-corrected chi connectivity index (χ2v) is 3.61. The van der Waals surface area contributed by atoms with Gasteiger partial charge in [0.25, 0.3) is 0 Å². The number of aromatic nitrogens is 1. The molecule has 2 aromatic rings. The molecule has 0 saturated carbocycles. The van der Waals surface area contributed by atoms with E-state index in [4.69, 9.17) is 4.42 Å². The number of benzene rings is 1. The van der Waals surface area contributed by atoms with Crippen molar-refractivity contribution in [2.75, 3.05) is 0 Å². The van der Waals surface area contributed by atoms with Gasteiger partial charge in [0, 0.05) is 10.9 Å². The Bertz CT molecular complexity index is 452. The van der Waals surface area contributed by atoms with Gasteiger partial charge in [0.1, 0.15) is 5.52 Å². The summed E-state index contributed by atoms with van der Waals surface area (Å²) in [6, 6.07) is 3.09. The van der Waals surface area contributed by atoms with Gasteiger partial charge in [0.2, 0.25) is 0 Å². The smallest absolute Gasteiger partial charge is 0.195 e. The maximum absolute atomic E-state index is 13.2. The third-order valence-electron chi connectivity index (χ3n) is 1.76. The molecule has 2 nitrogen and oxygen atoms in total. The first-order valence-electron chi connectivity index (χ1n) is 3.95. The molecule has 0 aliphatic rings. The minimum Gasteiger partial charge on any atom is -0.441 e. The third kappa shape index (κ3) is 1.46. The highest BCUT2D eigenvalue weighted by atomic mass is 79.9. The lowest BCUT2D eigenvalue weighted by molar-refractivity contribution is 0.538. The summed E-state index contributed by atoms with van der Waals surface area (Å²) < 4.78 is 19.2. The van der Waals surface area contributed by atoms with Crippen molar-refractivity contribution in [2.24, 2.45) is 0 Å². The van der Waals surface area contributed by atoms with E-state index in [9.17, 15) is 4.39 Å². The molecule has 0 amide bonds. The van der Waals surface area contributed by atoms with Gasteiger partial charge in [0.15, 0.2) is 17.3 Å². The molecule has 0 aliphatic heterocycles. The van der Waals surface area contributed by atoms with Crippen molar-refractivity contribution in [3.05, 3.63) is 28.3 Å². The van der Waals surface area contributed by atoms with Gasteiger partial charge < -0.3 is 4.42 Å². The van der Waals surface area contributed by atoms with Gasteiger partial charge in [-0.15, -0.1) is 0 Å². The van der Waals surface area contributed by atoms with Gasteiger partial charge >= 0.3 is 0 Å². The lowest BCUT2D eigenvalue weighted by atomic mass is 10.3. The van der Waals surface area contributed by atoms with Crippen LogP contribution in [-0.4, -0.2) is 4.98 Å². The van der Waals surface area contributed by atoms with Gasteiger partial charge in [-0.05, 0) is 12.1 Å². The SMILES string of the molecule is CCc1nc2c(F)cc(Br)cc2o1. The first-order chi connectivity index (χ1) is 6.20. The molecule has 0 N–H and O–H groups in total. The molecular formula is C9H7BrFNO. The van der Waals surface area contributed by atoms with Crippen LogP contribution in [0.3, 0.4) is 0 Å². The maximum Gasteiger partial charge on any atom is 0.195 e. The van der Waals surface area contributed by atoms with E-state index in [0.29, 0.717) is 27.9 Å². The Morgan fingerprint density at radius 2 is 2.31 bits per heavy atom. The standard InChI is InChI=1S/C9H7BrFNO/c1-2-8-12-9-6(11)3-5(10)4-7(9)13-8/h3-4H,2H2,1H3. The summed E-state index contributed by atoms with van der Waals surface area (Å²) in [5.74, 6) is 0.208. The number of rotatable bonds is 1. The van der Waals surface area contributed by atoms with E-state index in [-0.39, 0.29) is 5.82 Å². The molecule has 1 heterocycles. The Balaban J connectivity index is 2.75. The van der Waals surface area contributed by atoms with Crippen molar-refractivity contribution in [3.8, 4) is 0 Å². The van der Waals surface area contributed by atoms with Crippen LogP contribution in [0.1, 0.15) is 12.8 Å². The van der Waals surface area contributed by atoms with Crippen LogP contribution in [0.5, 0.6) is 0 Å². The second kappa shape index (κ2) is 3.10. The van der Waals surface area contributed by atoms with Crippen LogP contribution in [0, 0.1) is 5.82 Å². The fourth-order valence-electron chi connectivity index (χ4n) is 1.15. The van der Waals surface area contributed by atoms with Crippen molar-refractivity contribution in [2.45, 2.75) is 13.3 Å². The van der Waals surface area contributed by atoms with Gasteiger partial charge in [-0.3, -0.25) is 0 Å². The number of hydrogen-bond acceptors (Lipinski definition) is 2. The maximum atomic E-state index is 13.2. The number of halogens is 2. The molecule has 0 aliphatic carbocycles. The first-order valence-corrected chi connectivity index (χ1v) is 4.74. The molecule has 0 fully saturated rings. The van der Waals surface area contributed by atoms with E-state index in [1.807, 2.05) is 6.92 Å². The zero-order valence-electron chi connectivity index (χ0n) is 6.97. The molecule has 13 heavy (non-hydrogen) atoms. The van der Waals surface area contributed by atoms with Crippen LogP contribution in [0.2, 0.25) is 0 Å². The van der Waals surface area contributed by atoms with Crippen LogP contribution >= 0.6 is 15.9 Å². The third-order valence-corrected chi connectivity index (χ3v) is 2.22. The number of fused-ring (bicyclic) bond motifs is 1. The van der Waals surface area contributed by atoms with Crippen molar-refractivity contribution in [1.82, 2.24) is 4.98 Å². The first kappa shape index (κ1) is 8.69. The molecule has 0 unspecified atom stereocenters. The minimum atomic E-state index is -0.354. The Labute approximate surface area is 82.9 Å². The lowest BCUT2D eigenvalue weighted by Gasteiger charge is -1.90. The lowest BCUT2D eigenvalue weighted by Crippen LogP contribution is -1.79. The summed E-state index contributed by atoms with van der Waals surface area (Å²) >= 11 is 3.19. The molecule has 0 spiro atoms. The van der Waals surface area contributed by atoms with E-state index < -0.39 is 0 Å². The summed E-state index contributed by atoms with van der Waals surface area (Å²) in [4.78, 5) is 4.01. The fraction of sp³-hybridized carbons (Fsp3) is 0.222. The van der Waals surface area contributed by atoms with Crippen molar-refractivity contribution >= 4 is 27.0 Å². The zero-order chi connectivity index (χ0) is 9.42. The summed E-state index contributed by atoms with van der Waals surface area (Å²) in [5, 5.41) is 0. The van der Waals surface area contributed by atoms with Crippen LogP contribution in [0.15, 0.2) is 21.0 Å². The quantitative estimate of drug-likeness (QED) is 0.769. The van der Waals surface area contributed by atoms with Crippen LogP contribution in [0.25, 0.3) is 11.1 Å². The predicted octanol–water partition coefficient (Wildman–Crippen LogP) is 3.29. The minimum absolute atomic E-state index is 0.306. The molecule has 1 aromatic carbocycles. The van der Waals surface area contributed by atoms with Crippen LogP contribution in [0.4, 0.5) is 4.39 Å². The Morgan fingerprint density at radius 3 is 3.00 bits per heavy atom. The summed E-state index contributed by atoms with van der Waals surface area (Å²) in [6.07, 6.45) is 0.672. The summed E-state index contributed by atoms with van der Waals surface area (Å²) in [6.45, 7) is 1.91. The van der Waals surface area contributed by atoms with E-state index in [0.717, 1.165) is 0 Å². The summed E-state index contributed by atoms with van der Waals surface area (Å²) in [7, 11) is 0. The number of aryl methyl sites for hydroxylation is 1. The van der Waals surface area contributed by atoms with Crippen molar-refractivity contribution < 1.29 is 8.81 Å². The molecule has 0 saturated heterocycles. The summed E-state index contributed by atoms with van der Waals surface area (Å²) in [5.41, 5.74) is 0.795. The van der Waals surface area contributed by atoms with Crippen molar-refractivity contribution in [3.63, 3.8) is 0 Å². The molecule has 2 rings (SSSR count). The molecule has 0 radical (unpaired) electrons. The molecule has 4 heteroatoms. The van der Waals surface area contributed by atoms with Gasteiger partial charge in [0.05, 0.1) is 0 Å². The second-order valence-electron chi connectivity index (χ2n) is 2.70. The highest BCUT2D eigenvalue weighted by Gasteiger charge is 2.09. The van der Waals surface area contributed by atoms with Crippen molar-refractivity contribution in [1.29, 1.82) is 0 Å². The largest absolute Gasteiger partial charge is 0.441 e. The number of nitrogens with zero attached hydrogens (tertiary/aromatic N) is 1. The van der Waals surface area contributed by atoms with E-state index in [2.05, 4.69) is 20.9 Å². The van der Waals surface area contributed by atoms with E-state index >= 15 is 0 Å². The zero-order valence-corrected chi connectivity index (χ0v) is 8.56. The molecular weight excluding hydrogens is 237 g/mol.